The van der Waals surface area contributed by atoms with Crippen LogP contribution in [0, 0.1) is 0 Å². The minimum Gasteiger partial charge on any atom is -0.390 e. The van der Waals surface area contributed by atoms with E-state index in [2.05, 4.69) is 61.9 Å². The molecule has 2 aliphatic heterocycles. The van der Waals surface area contributed by atoms with Gasteiger partial charge in [0.25, 0.3) is 0 Å². The molecule has 1 N–H and O–H groups in total. The zero-order valence-corrected chi connectivity index (χ0v) is 16.9. The lowest BCUT2D eigenvalue weighted by molar-refractivity contribution is -0.0307. The molecule has 2 atom stereocenters. The van der Waals surface area contributed by atoms with Crippen LogP contribution in [0.25, 0.3) is 0 Å². The molecule has 0 bridgehead atoms. The van der Waals surface area contributed by atoms with E-state index < -0.39 is 0 Å². The first-order valence-electron chi connectivity index (χ1n) is 10.2. The van der Waals surface area contributed by atoms with Crippen molar-refractivity contribution >= 4 is 11.3 Å². The predicted molar refractivity (Wildman–Crippen MR) is 112 cm³/mol. The van der Waals surface area contributed by atoms with Crippen molar-refractivity contribution in [2.24, 2.45) is 0 Å². The van der Waals surface area contributed by atoms with Crippen LogP contribution < -0.4 is 0 Å². The number of hydrogen-bond donors (Lipinski definition) is 1. The Kier molecular flexibility index (Phi) is 6.58. The highest BCUT2D eigenvalue weighted by Crippen LogP contribution is 2.21. The van der Waals surface area contributed by atoms with Crippen molar-refractivity contribution in [2.45, 2.75) is 31.5 Å². The summed E-state index contributed by atoms with van der Waals surface area (Å²) in [6, 6.07) is 13.3. The number of nitrogens with zero attached hydrogens (tertiary/aromatic N) is 3. The van der Waals surface area contributed by atoms with Crippen LogP contribution in [0.2, 0.25) is 0 Å². The van der Waals surface area contributed by atoms with E-state index in [0.717, 1.165) is 65.2 Å². The molecule has 0 radical (unpaired) electrons. The summed E-state index contributed by atoms with van der Waals surface area (Å²) in [5.74, 6) is 0. The normalized spacial score (nSPS) is 25.7. The molecule has 2 fully saturated rings. The summed E-state index contributed by atoms with van der Waals surface area (Å²) in [4.78, 5) is 7.51. The maximum atomic E-state index is 10.7. The first-order chi connectivity index (χ1) is 13.3. The molecule has 5 heteroatoms. The zero-order valence-electron chi connectivity index (χ0n) is 16.0. The fourth-order valence-corrected chi connectivity index (χ4v) is 5.11. The largest absolute Gasteiger partial charge is 0.390 e. The van der Waals surface area contributed by atoms with Crippen molar-refractivity contribution in [1.29, 1.82) is 0 Å². The van der Waals surface area contributed by atoms with Crippen LogP contribution in [-0.4, -0.2) is 77.8 Å². The molecule has 0 spiro atoms. The number of likely N-dealkylation sites (tertiary alicyclic amines) is 1. The van der Waals surface area contributed by atoms with E-state index >= 15 is 0 Å². The Labute approximate surface area is 167 Å². The number of aliphatic hydroxyl groups excluding tert-OH is 1. The maximum Gasteiger partial charge on any atom is 0.0822 e. The van der Waals surface area contributed by atoms with E-state index in [1.54, 1.807) is 11.3 Å². The van der Waals surface area contributed by atoms with Gasteiger partial charge < -0.3 is 10.0 Å². The molecular weight excluding hydrogens is 354 g/mol. The smallest absolute Gasteiger partial charge is 0.0822 e. The molecule has 2 aliphatic rings. The van der Waals surface area contributed by atoms with Gasteiger partial charge in [-0.15, -0.1) is 0 Å². The van der Waals surface area contributed by atoms with Gasteiger partial charge in [0.1, 0.15) is 0 Å². The Morgan fingerprint density at radius 2 is 1.74 bits per heavy atom. The van der Waals surface area contributed by atoms with E-state index in [9.17, 15) is 5.11 Å². The van der Waals surface area contributed by atoms with Gasteiger partial charge in [-0.3, -0.25) is 9.80 Å². The Balaban J connectivity index is 1.20. The van der Waals surface area contributed by atoms with Gasteiger partial charge in [-0.05, 0) is 40.8 Å². The molecule has 2 saturated heterocycles. The molecule has 4 nitrogen and oxygen atoms in total. The van der Waals surface area contributed by atoms with Gasteiger partial charge >= 0.3 is 0 Å². The van der Waals surface area contributed by atoms with E-state index in [-0.39, 0.29) is 6.10 Å². The quantitative estimate of drug-likeness (QED) is 0.828. The first kappa shape index (κ1) is 19.1. The lowest BCUT2D eigenvalue weighted by Gasteiger charge is -2.45. The van der Waals surface area contributed by atoms with Crippen molar-refractivity contribution in [3.63, 3.8) is 0 Å². The number of hydrogen-bond acceptors (Lipinski definition) is 5. The van der Waals surface area contributed by atoms with E-state index in [0.29, 0.717) is 6.04 Å². The van der Waals surface area contributed by atoms with Crippen LogP contribution in [-0.2, 0) is 13.0 Å². The van der Waals surface area contributed by atoms with Gasteiger partial charge in [-0.25, -0.2) is 0 Å². The molecule has 1 aromatic heterocycles. The molecule has 0 aliphatic carbocycles. The van der Waals surface area contributed by atoms with Gasteiger partial charge in [0.2, 0.25) is 0 Å². The fraction of sp³-hybridized carbons (Fsp3) is 0.545. The number of benzene rings is 1. The zero-order chi connectivity index (χ0) is 18.5. The molecule has 27 heavy (non-hydrogen) atoms. The van der Waals surface area contributed by atoms with Crippen LogP contribution in [0.4, 0.5) is 0 Å². The van der Waals surface area contributed by atoms with Gasteiger partial charge in [-0.1, -0.05) is 30.3 Å². The molecule has 2 aromatic rings. The second-order valence-corrected chi connectivity index (χ2v) is 8.68. The maximum absolute atomic E-state index is 10.7. The van der Waals surface area contributed by atoms with Crippen LogP contribution in [0.1, 0.15) is 17.5 Å². The Bertz CT molecular complexity index is 670. The number of rotatable bonds is 6. The summed E-state index contributed by atoms with van der Waals surface area (Å²) in [7, 11) is 0. The van der Waals surface area contributed by atoms with E-state index in [1.807, 2.05) is 0 Å². The monoisotopic (exact) mass is 385 g/mol. The lowest BCUT2D eigenvalue weighted by atomic mass is 9.98. The Hall–Kier alpha value is -1.24. The second kappa shape index (κ2) is 9.30. The first-order valence-corrected chi connectivity index (χ1v) is 11.1. The van der Waals surface area contributed by atoms with Gasteiger partial charge in [-0.2, -0.15) is 11.3 Å². The van der Waals surface area contributed by atoms with Crippen molar-refractivity contribution in [1.82, 2.24) is 14.7 Å². The minimum atomic E-state index is -0.228. The number of piperidine rings is 1. The summed E-state index contributed by atoms with van der Waals surface area (Å²) in [6.45, 7) is 8.41. The van der Waals surface area contributed by atoms with Crippen molar-refractivity contribution < 1.29 is 5.11 Å². The molecule has 1 aromatic carbocycles. The molecular formula is C22H31N3OS. The summed E-state index contributed by atoms with van der Waals surface area (Å²) in [5.41, 5.74) is 2.80. The Morgan fingerprint density at radius 1 is 0.926 bits per heavy atom. The third kappa shape index (κ3) is 5.18. The molecule has 4 rings (SSSR count). The fourth-order valence-electron chi connectivity index (χ4n) is 4.45. The van der Waals surface area contributed by atoms with Crippen molar-refractivity contribution in [3.05, 3.63) is 58.3 Å². The summed E-state index contributed by atoms with van der Waals surface area (Å²) < 4.78 is 0. The molecule has 0 amide bonds. The average molecular weight is 386 g/mol. The molecule has 0 saturated carbocycles. The van der Waals surface area contributed by atoms with Crippen molar-refractivity contribution in [2.75, 3.05) is 45.8 Å². The predicted octanol–water partition coefficient (Wildman–Crippen LogP) is 2.54. The van der Waals surface area contributed by atoms with Gasteiger partial charge in [0, 0.05) is 58.4 Å². The lowest BCUT2D eigenvalue weighted by Crippen LogP contribution is -2.58. The third-order valence-electron chi connectivity index (χ3n) is 6.05. The highest BCUT2D eigenvalue weighted by atomic mass is 32.1. The van der Waals surface area contributed by atoms with Crippen molar-refractivity contribution in [3.8, 4) is 0 Å². The highest BCUT2D eigenvalue weighted by molar-refractivity contribution is 7.07. The van der Waals surface area contributed by atoms with Crippen LogP contribution in [0.15, 0.2) is 47.2 Å². The topological polar surface area (TPSA) is 30.0 Å². The van der Waals surface area contributed by atoms with E-state index in [4.69, 9.17) is 0 Å². The van der Waals surface area contributed by atoms with Gasteiger partial charge in [0.05, 0.1) is 6.10 Å². The number of piperazine rings is 1. The number of thiophene rings is 1. The van der Waals surface area contributed by atoms with Crippen LogP contribution in [0.5, 0.6) is 0 Å². The SMILES string of the molecule is O[C@@H]1CN(Cc2ccsc2)CC[C@H]1N1CCN(CCc2ccccc2)CC1. The molecule has 3 heterocycles. The number of aliphatic hydroxyl groups is 1. The van der Waals surface area contributed by atoms with Gasteiger partial charge in [0.15, 0.2) is 0 Å². The highest BCUT2D eigenvalue weighted by Gasteiger charge is 2.33. The van der Waals surface area contributed by atoms with Crippen LogP contribution >= 0.6 is 11.3 Å². The summed E-state index contributed by atoms with van der Waals surface area (Å²) >= 11 is 1.75. The Morgan fingerprint density at radius 3 is 2.44 bits per heavy atom. The number of β-amino-alcohol motifs (C(OH)–C–C–N with tert-alkyl or cyclic N) is 1. The standard InChI is InChI=1S/C22H31N3OS/c26-22-17-24(16-20-8-15-27-18-20)10-7-21(22)25-13-11-23(12-14-25)9-6-19-4-2-1-3-5-19/h1-5,8,15,18,21-22,26H,6-7,9-14,16-17H2/t21-,22-/m1/s1. The molecule has 0 unspecified atom stereocenters. The van der Waals surface area contributed by atoms with E-state index in [1.165, 1.54) is 11.1 Å². The third-order valence-corrected chi connectivity index (χ3v) is 6.78. The second-order valence-electron chi connectivity index (χ2n) is 7.90. The summed E-state index contributed by atoms with van der Waals surface area (Å²) in [5, 5.41) is 15.1. The average Bonchev–Trinajstić information content (AvgIpc) is 3.21. The molecule has 146 valence electrons. The van der Waals surface area contributed by atoms with Crippen LogP contribution in [0.3, 0.4) is 0 Å². The minimum absolute atomic E-state index is 0.228. The summed E-state index contributed by atoms with van der Waals surface area (Å²) in [6.07, 6.45) is 1.98.